The summed E-state index contributed by atoms with van der Waals surface area (Å²) in [6.45, 7) is -1.07. The third-order valence-corrected chi connectivity index (χ3v) is 5.30. The molecule has 1 aromatic rings. The number of aromatic nitrogens is 1. The van der Waals surface area contributed by atoms with Crippen LogP contribution in [0, 0.1) is 11.3 Å². The standard InChI is InChI=1S/C17H18F4N2O4/c18-14(19)17(20,21)9-27-12-4-3-10(6-22-12)13(24)23-7-11-2-1-5-16(11,8-23)15(25)26/h3-4,6,11,14H,1-2,5,7-9H2,(H,25,26)/t11-,16+/m0/s1. The van der Waals surface area contributed by atoms with E-state index in [1.54, 1.807) is 0 Å². The summed E-state index contributed by atoms with van der Waals surface area (Å²) >= 11 is 0. The Balaban J connectivity index is 1.64. The number of likely N-dealkylation sites (tertiary alicyclic amines) is 1. The Morgan fingerprint density at radius 3 is 2.70 bits per heavy atom. The van der Waals surface area contributed by atoms with Crippen LogP contribution in [0.15, 0.2) is 18.3 Å². The van der Waals surface area contributed by atoms with E-state index in [1.807, 2.05) is 0 Å². The van der Waals surface area contributed by atoms with Crippen LogP contribution in [0.3, 0.4) is 0 Å². The van der Waals surface area contributed by atoms with E-state index in [4.69, 9.17) is 0 Å². The molecule has 27 heavy (non-hydrogen) atoms. The molecule has 0 unspecified atom stereocenters. The average Bonchev–Trinajstić information content (AvgIpc) is 3.18. The maximum absolute atomic E-state index is 12.8. The molecule has 1 amide bonds. The van der Waals surface area contributed by atoms with Crippen molar-refractivity contribution >= 4 is 11.9 Å². The topological polar surface area (TPSA) is 79.7 Å². The van der Waals surface area contributed by atoms with E-state index in [0.29, 0.717) is 13.0 Å². The molecule has 2 fully saturated rings. The number of nitrogens with zero attached hydrogens (tertiary/aromatic N) is 2. The van der Waals surface area contributed by atoms with E-state index >= 15 is 0 Å². The molecule has 0 aromatic carbocycles. The van der Waals surface area contributed by atoms with Gasteiger partial charge in [0, 0.05) is 25.4 Å². The first kappa shape index (κ1) is 19.4. The van der Waals surface area contributed by atoms with Crippen LogP contribution in [0.25, 0.3) is 0 Å². The number of rotatable bonds is 6. The van der Waals surface area contributed by atoms with Gasteiger partial charge < -0.3 is 14.7 Å². The predicted octanol–water partition coefficient (Wildman–Crippen LogP) is 2.69. The zero-order chi connectivity index (χ0) is 19.8. The Morgan fingerprint density at radius 2 is 2.15 bits per heavy atom. The van der Waals surface area contributed by atoms with Gasteiger partial charge in [-0.2, -0.15) is 8.78 Å². The van der Waals surface area contributed by atoms with Gasteiger partial charge in [-0.1, -0.05) is 6.42 Å². The van der Waals surface area contributed by atoms with Crippen molar-refractivity contribution in [2.45, 2.75) is 31.6 Å². The minimum atomic E-state index is -4.30. The SMILES string of the molecule is O=C(c1ccc(OCC(F)(F)C(F)F)nc1)N1C[C@@H]2CCC[C@@]2(C(=O)O)C1. The van der Waals surface area contributed by atoms with E-state index < -0.39 is 36.2 Å². The fourth-order valence-corrected chi connectivity index (χ4v) is 3.80. The summed E-state index contributed by atoms with van der Waals surface area (Å²) in [6.07, 6.45) is -0.663. The number of carboxylic acids is 1. The van der Waals surface area contributed by atoms with Crippen molar-refractivity contribution in [1.29, 1.82) is 0 Å². The molecule has 2 aliphatic rings. The van der Waals surface area contributed by atoms with E-state index in [0.717, 1.165) is 25.1 Å². The van der Waals surface area contributed by atoms with Gasteiger partial charge in [-0.3, -0.25) is 9.59 Å². The predicted molar refractivity (Wildman–Crippen MR) is 84.0 cm³/mol. The van der Waals surface area contributed by atoms with Crippen molar-refractivity contribution in [3.8, 4) is 5.88 Å². The molecular formula is C17H18F4N2O4. The van der Waals surface area contributed by atoms with E-state index in [-0.39, 0.29) is 23.9 Å². The number of ether oxygens (including phenoxy) is 1. The highest BCUT2D eigenvalue weighted by atomic mass is 19.3. The molecule has 1 aromatic heterocycles. The highest BCUT2D eigenvalue weighted by Crippen LogP contribution is 2.49. The van der Waals surface area contributed by atoms with Crippen molar-refractivity contribution in [3.63, 3.8) is 0 Å². The summed E-state index contributed by atoms with van der Waals surface area (Å²) in [7, 11) is 0. The van der Waals surface area contributed by atoms with Crippen LogP contribution in [0.1, 0.15) is 29.6 Å². The van der Waals surface area contributed by atoms with Gasteiger partial charge in [0.2, 0.25) is 5.88 Å². The summed E-state index contributed by atoms with van der Waals surface area (Å²) in [4.78, 5) is 29.4. The molecule has 0 radical (unpaired) electrons. The first-order valence-electron chi connectivity index (χ1n) is 8.43. The molecule has 6 nitrogen and oxygen atoms in total. The minimum absolute atomic E-state index is 0.0916. The zero-order valence-corrected chi connectivity index (χ0v) is 14.2. The number of carbonyl (C=O) groups excluding carboxylic acids is 1. The zero-order valence-electron chi connectivity index (χ0n) is 14.2. The van der Waals surface area contributed by atoms with Gasteiger partial charge in [0.25, 0.3) is 5.91 Å². The molecule has 0 spiro atoms. The van der Waals surface area contributed by atoms with Gasteiger partial charge in [0.05, 0.1) is 11.0 Å². The minimum Gasteiger partial charge on any atom is -0.481 e. The number of hydrogen-bond acceptors (Lipinski definition) is 4. The lowest BCUT2D eigenvalue weighted by atomic mass is 9.81. The van der Waals surface area contributed by atoms with Crippen molar-refractivity contribution in [2.75, 3.05) is 19.7 Å². The van der Waals surface area contributed by atoms with Gasteiger partial charge in [0.15, 0.2) is 6.61 Å². The Hall–Kier alpha value is -2.39. The largest absolute Gasteiger partial charge is 0.481 e. The van der Waals surface area contributed by atoms with Crippen molar-refractivity contribution < 1.29 is 37.0 Å². The third kappa shape index (κ3) is 3.57. The lowest BCUT2D eigenvalue weighted by Gasteiger charge is -2.23. The summed E-state index contributed by atoms with van der Waals surface area (Å²) in [5, 5.41) is 9.56. The molecule has 1 aliphatic heterocycles. The molecule has 0 bridgehead atoms. The second-order valence-corrected chi connectivity index (χ2v) is 6.97. The monoisotopic (exact) mass is 390 g/mol. The van der Waals surface area contributed by atoms with Crippen LogP contribution < -0.4 is 4.74 Å². The fourth-order valence-electron chi connectivity index (χ4n) is 3.80. The lowest BCUT2D eigenvalue weighted by Crippen LogP contribution is -2.37. The molecule has 1 aliphatic carbocycles. The maximum Gasteiger partial charge on any atom is 0.340 e. The number of halogens is 4. The van der Waals surface area contributed by atoms with Gasteiger partial charge in [0.1, 0.15) is 0 Å². The Bertz CT molecular complexity index is 728. The van der Waals surface area contributed by atoms with Crippen LogP contribution in [-0.4, -0.2) is 58.9 Å². The smallest absolute Gasteiger partial charge is 0.340 e. The Morgan fingerprint density at radius 1 is 1.41 bits per heavy atom. The van der Waals surface area contributed by atoms with Gasteiger partial charge >= 0.3 is 18.3 Å². The quantitative estimate of drug-likeness (QED) is 0.756. The van der Waals surface area contributed by atoms with Crippen molar-refractivity contribution in [3.05, 3.63) is 23.9 Å². The molecule has 148 valence electrons. The summed E-state index contributed by atoms with van der Waals surface area (Å²) in [5.41, 5.74) is -0.768. The first-order valence-corrected chi connectivity index (χ1v) is 8.43. The first-order chi connectivity index (χ1) is 12.7. The number of amides is 1. The lowest BCUT2D eigenvalue weighted by molar-refractivity contribution is -0.149. The number of carboxylic acid groups (broad SMARTS) is 1. The second kappa shape index (κ2) is 6.97. The molecule has 3 rings (SSSR count). The number of alkyl halides is 4. The van der Waals surface area contributed by atoms with Crippen LogP contribution in [0.2, 0.25) is 0 Å². The van der Waals surface area contributed by atoms with Gasteiger partial charge in [-0.25, -0.2) is 13.8 Å². The molecular weight excluding hydrogens is 372 g/mol. The van der Waals surface area contributed by atoms with Crippen LogP contribution in [-0.2, 0) is 4.79 Å². The van der Waals surface area contributed by atoms with Gasteiger partial charge in [-0.05, 0) is 24.8 Å². The number of fused-ring (bicyclic) bond motifs is 1. The average molecular weight is 390 g/mol. The molecule has 1 saturated carbocycles. The fraction of sp³-hybridized carbons (Fsp3) is 0.588. The van der Waals surface area contributed by atoms with Gasteiger partial charge in [-0.15, -0.1) is 0 Å². The number of hydrogen-bond donors (Lipinski definition) is 1. The molecule has 2 heterocycles. The Kier molecular flexibility index (Phi) is 5.00. The van der Waals surface area contributed by atoms with E-state index in [1.165, 1.54) is 11.0 Å². The number of carbonyl (C=O) groups is 2. The second-order valence-electron chi connectivity index (χ2n) is 6.97. The number of pyridine rings is 1. The Labute approximate surface area is 152 Å². The van der Waals surface area contributed by atoms with E-state index in [9.17, 15) is 32.3 Å². The summed E-state index contributed by atoms with van der Waals surface area (Å²) in [5.74, 6) is -6.02. The van der Waals surface area contributed by atoms with Crippen molar-refractivity contribution in [1.82, 2.24) is 9.88 Å². The number of aliphatic carboxylic acids is 1. The van der Waals surface area contributed by atoms with Crippen molar-refractivity contribution in [2.24, 2.45) is 11.3 Å². The molecule has 1 N–H and O–H groups in total. The van der Waals surface area contributed by atoms with Crippen LogP contribution in [0.5, 0.6) is 5.88 Å². The molecule has 1 saturated heterocycles. The highest BCUT2D eigenvalue weighted by Gasteiger charge is 2.55. The normalized spacial score (nSPS) is 24.9. The molecule has 10 heteroatoms. The van der Waals surface area contributed by atoms with E-state index in [2.05, 4.69) is 9.72 Å². The van der Waals surface area contributed by atoms with Crippen LogP contribution in [0.4, 0.5) is 17.6 Å². The summed E-state index contributed by atoms with van der Waals surface area (Å²) < 4.78 is 54.5. The van der Waals surface area contributed by atoms with Crippen LogP contribution >= 0.6 is 0 Å². The summed E-state index contributed by atoms with van der Waals surface area (Å²) in [6, 6.07) is 2.42. The maximum atomic E-state index is 12.8. The third-order valence-electron chi connectivity index (χ3n) is 5.30. The highest BCUT2D eigenvalue weighted by molar-refractivity contribution is 5.95. The molecule has 2 atom stereocenters.